The Morgan fingerprint density at radius 3 is 2.32 bits per heavy atom. The zero-order valence-corrected chi connectivity index (χ0v) is 16.2. The summed E-state index contributed by atoms with van der Waals surface area (Å²) >= 11 is 0. The number of nitrogens with zero attached hydrogens (tertiary/aromatic N) is 2. The zero-order chi connectivity index (χ0) is 19.8. The van der Waals surface area contributed by atoms with Gasteiger partial charge in [0.05, 0.1) is 4.90 Å². The molecular formula is C20H22FN3O3S. The van der Waals surface area contributed by atoms with Crippen LogP contribution in [-0.2, 0) is 10.0 Å². The van der Waals surface area contributed by atoms with Crippen LogP contribution in [0.1, 0.15) is 12.8 Å². The van der Waals surface area contributed by atoms with Crippen molar-refractivity contribution in [1.29, 1.82) is 0 Å². The number of likely N-dealkylation sites (tertiary alicyclic amines) is 1. The molecule has 0 atom stereocenters. The van der Waals surface area contributed by atoms with Gasteiger partial charge >= 0.3 is 6.03 Å². The van der Waals surface area contributed by atoms with Gasteiger partial charge in [0.15, 0.2) is 0 Å². The van der Waals surface area contributed by atoms with Crippen LogP contribution in [0.4, 0.5) is 14.9 Å². The van der Waals surface area contributed by atoms with Crippen LogP contribution in [0.25, 0.3) is 0 Å². The summed E-state index contributed by atoms with van der Waals surface area (Å²) < 4.78 is 40.2. The molecule has 2 aliphatic rings. The monoisotopic (exact) mass is 403 g/mol. The Morgan fingerprint density at radius 1 is 1.00 bits per heavy atom. The second-order valence-electron chi connectivity index (χ2n) is 7.51. The number of nitrogens with one attached hydrogen (secondary N) is 1. The van der Waals surface area contributed by atoms with E-state index in [-0.39, 0.29) is 11.4 Å². The Labute approximate surface area is 164 Å². The summed E-state index contributed by atoms with van der Waals surface area (Å²) in [6.07, 6.45) is 1.45. The summed E-state index contributed by atoms with van der Waals surface area (Å²) in [4.78, 5) is 14.3. The van der Waals surface area contributed by atoms with E-state index in [0.29, 0.717) is 36.8 Å². The summed E-state index contributed by atoms with van der Waals surface area (Å²) in [6.45, 7) is 2.09. The van der Waals surface area contributed by atoms with Crippen molar-refractivity contribution >= 4 is 21.7 Å². The van der Waals surface area contributed by atoms with Gasteiger partial charge in [0.25, 0.3) is 0 Å². The highest BCUT2D eigenvalue weighted by atomic mass is 32.2. The van der Waals surface area contributed by atoms with E-state index >= 15 is 0 Å². The molecule has 2 aliphatic heterocycles. The third kappa shape index (κ3) is 3.62. The van der Waals surface area contributed by atoms with Gasteiger partial charge in [0.1, 0.15) is 5.82 Å². The maximum absolute atomic E-state index is 13.2. The molecule has 4 rings (SSSR count). The number of amides is 2. The van der Waals surface area contributed by atoms with E-state index in [4.69, 9.17) is 0 Å². The highest BCUT2D eigenvalue weighted by Crippen LogP contribution is 2.41. The standard InChI is InChI=1S/C20H22FN3O3S/c21-16-5-4-6-17(13-16)22-19(25)23-14-20(15-23)9-11-24(12-10-20)28(26,27)18-7-2-1-3-8-18/h1-8,13H,9-12,14-15H2,(H,22,25). The van der Waals surface area contributed by atoms with E-state index < -0.39 is 15.8 Å². The van der Waals surface area contributed by atoms with Gasteiger partial charge in [-0.25, -0.2) is 17.6 Å². The highest BCUT2D eigenvalue weighted by Gasteiger charge is 2.48. The summed E-state index contributed by atoms with van der Waals surface area (Å²) in [5.74, 6) is -0.398. The number of urea groups is 1. The number of hydrogen-bond donors (Lipinski definition) is 1. The summed E-state index contributed by atoms with van der Waals surface area (Å²) in [5, 5.41) is 2.70. The lowest BCUT2D eigenvalue weighted by molar-refractivity contribution is -0.00315. The minimum atomic E-state index is -3.47. The van der Waals surface area contributed by atoms with Gasteiger partial charge in [-0.3, -0.25) is 0 Å². The Morgan fingerprint density at radius 2 is 1.68 bits per heavy atom. The minimum Gasteiger partial charge on any atom is -0.323 e. The SMILES string of the molecule is O=C(Nc1cccc(F)c1)N1CC2(CCN(S(=O)(=O)c3ccccc3)CC2)C1. The smallest absolute Gasteiger partial charge is 0.321 e. The topological polar surface area (TPSA) is 69.7 Å². The van der Waals surface area contributed by atoms with Crippen molar-refractivity contribution in [2.75, 3.05) is 31.5 Å². The molecule has 148 valence electrons. The molecule has 2 aromatic carbocycles. The molecule has 0 aromatic heterocycles. The molecule has 0 bridgehead atoms. The van der Waals surface area contributed by atoms with Crippen molar-refractivity contribution in [3.05, 3.63) is 60.4 Å². The molecule has 2 saturated heterocycles. The molecule has 2 amide bonds. The van der Waals surface area contributed by atoms with Gasteiger partial charge in [0.2, 0.25) is 10.0 Å². The average Bonchev–Trinajstić information content (AvgIpc) is 2.67. The fourth-order valence-electron chi connectivity index (χ4n) is 3.93. The highest BCUT2D eigenvalue weighted by molar-refractivity contribution is 7.89. The van der Waals surface area contributed by atoms with Crippen LogP contribution in [-0.4, -0.2) is 49.8 Å². The molecule has 28 heavy (non-hydrogen) atoms. The largest absolute Gasteiger partial charge is 0.323 e. The van der Waals surface area contributed by atoms with Crippen LogP contribution in [0.3, 0.4) is 0 Å². The molecule has 0 aliphatic carbocycles. The van der Waals surface area contributed by atoms with Gasteiger partial charge in [-0.05, 0) is 43.2 Å². The molecule has 8 heteroatoms. The van der Waals surface area contributed by atoms with E-state index in [1.165, 1.54) is 16.4 Å². The average molecular weight is 403 g/mol. The van der Waals surface area contributed by atoms with Crippen LogP contribution >= 0.6 is 0 Å². The van der Waals surface area contributed by atoms with Crippen LogP contribution < -0.4 is 5.32 Å². The first kappa shape index (κ1) is 18.9. The van der Waals surface area contributed by atoms with Crippen LogP contribution in [0, 0.1) is 11.2 Å². The third-order valence-electron chi connectivity index (χ3n) is 5.58. The van der Waals surface area contributed by atoms with Crippen LogP contribution in [0.15, 0.2) is 59.5 Å². The minimum absolute atomic E-state index is 0.0258. The number of carbonyl (C=O) groups excluding carboxylic acids is 1. The number of carbonyl (C=O) groups is 1. The van der Waals surface area contributed by atoms with Gasteiger partial charge in [-0.1, -0.05) is 24.3 Å². The lowest BCUT2D eigenvalue weighted by Gasteiger charge is -2.53. The predicted molar refractivity (Wildman–Crippen MR) is 104 cm³/mol. The number of benzene rings is 2. The molecule has 6 nitrogen and oxygen atoms in total. The summed E-state index contributed by atoms with van der Waals surface area (Å²) in [6, 6.07) is 14.0. The van der Waals surface area contributed by atoms with Gasteiger partial charge in [-0.15, -0.1) is 0 Å². The summed E-state index contributed by atoms with van der Waals surface area (Å²) in [7, 11) is -3.47. The van der Waals surface area contributed by atoms with Crippen molar-refractivity contribution in [3.8, 4) is 0 Å². The van der Waals surface area contributed by atoms with Gasteiger partial charge < -0.3 is 10.2 Å². The second kappa shape index (κ2) is 7.18. The molecule has 0 unspecified atom stereocenters. The van der Waals surface area contributed by atoms with Crippen molar-refractivity contribution in [2.45, 2.75) is 17.7 Å². The molecule has 2 aromatic rings. The first-order chi connectivity index (χ1) is 13.4. The molecule has 0 radical (unpaired) electrons. The number of halogens is 1. The molecular weight excluding hydrogens is 381 g/mol. The van der Waals surface area contributed by atoms with Crippen molar-refractivity contribution in [1.82, 2.24) is 9.21 Å². The second-order valence-corrected chi connectivity index (χ2v) is 9.45. The van der Waals surface area contributed by atoms with E-state index in [0.717, 1.165) is 12.8 Å². The molecule has 0 saturated carbocycles. The first-order valence-electron chi connectivity index (χ1n) is 9.25. The maximum Gasteiger partial charge on any atom is 0.321 e. The Balaban J connectivity index is 1.32. The Kier molecular flexibility index (Phi) is 4.84. The molecule has 1 N–H and O–H groups in total. The number of sulfonamides is 1. The number of hydrogen-bond acceptors (Lipinski definition) is 3. The van der Waals surface area contributed by atoms with E-state index in [9.17, 15) is 17.6 Å². The maximum atomic E-state index is 13.2. The third-order valence-corrected chi connectivity index (χ3v) is 7.49. The molecule has 2 fully saturated rings. The van der Waals surface area contributed by atoms with E-state index in [2.05, 4.69) is 5.32 Å². The lowest BCUT2D eigenvalue weighted by Crippen LogP contribution is -2.63. The van der Waals surface area contributed by atoms with Gasteiger partial charge in [-0.2, -0.15) is 4.31 Å². The van der Waals surface area contributed by atoms with Crippen LogP contribution in [0.2, 0.25) is 0 Å². The normalized spacial score (nSPS) is 19.2. The lowest BCUT2D eigenvalue weighted by atomic mass is 9.72. The number of rotatable bonds is 3. The van der Waals surface area contributed by atoms with E-state index in [1.807, 2.05) is 0 Å². The van der Waals surface area contributed by atoms with Gasteiger partial charge in [0, 0.05) is 37.3 Å². The first-order valence-corrected chi connectivity index (χ1v) is 10.7. The van der Waals surface area contributed by atoms with E-state index in [1.54, 1.807) is 47.4 Å². The Bertz CT molecular complexity index is 965. The zero-order valence-electron chi connectivity index (χ0n) is 15.3. The molecule has 1 spiro atoms. The van der Waals surface area contributed by atoms with Crippen molar-refractivity contribution in [2.24, 2.45) is 5.41 Å². The summed E-state index contributed by atoms with van der Waals surface area (Å²) in [5.41, 5.74) is 0.400. The number of anilines is 1. The fourth-order valence-corrected chi connectivity index (χ4v) is 5.40. The fraction of sp³-hybridized carbons (Fsp3) is 0.350. The van der Waals surface area contributed by atoms with Crippen molar-refractivity contribution < 1.29 is 17.6 Å². The molecule has 2 heterocycles. The number of piperidine rings is 1. The van der Waals surface area contributed by atoms with Crippen LogP contribution in [0.5, 0.6) is 0 Å². The Hall–Kier alpha value is -2.45. The quantitative estimate of drug-likeness (QED) is 0.856. The predicted octanol–water partition coefficient (Wildman–Crippen LogP) is 3.14. The van der Waals surface area contributed by atoms with Crippen molar-refractivity contribution in [3.63, 3.8) is 0 Å².